The summed E-state index contributed by atoms with van der Waals surface area (Å²) < 4.78 is 67.6. The van der Waals surface area contributed by atoms with E-state index in [1.54, 1.807) is 78.7 Å². The van der Waals surface area contributed by atoms with Crippen LogP contribution in [0.3, 0.4) is 0 Å². The van der Waals surface area contributed by atoms with Gasteiger partial charge in [0.25, 0.3) is 0 Å². The van der Waals surface area contributed by atoms with Gasteiger partial charge in [0, 0.05) is 47.5 Å². The molecular weight excluding hydrogens is 937 g/mol. The monoisotopic (exact) mass is 980 g/mol. The molecule has 2 aliphatic heterocycles. The number of rotatable bonds is 6. The van der Waals surface area contributed by atoms with Crippen LogP contribution in [0.2, 0.25) is 0 Å². The van der Waals surface area contributed by atoms with Crippen LogP contribution in [0.25, 0.3) is 60.5 Å². The SMILES string of the molecule is N#Cc1ccc2[nH]c(-c3cnn4ccc(N5CCC[C@@H]5c5cc(F)ccc5F)nc34)cc2c1.[C-]#[N+]c1ccc2c(c1)cc(-c1cnn3ccc(N4CCC[C@@H]4c4cc(F)ccc4F)nc13)n2C(=O)OC(C)(C)C. The number of halogens is 4. The molecule has 4 aromatic carbocycles. The number of carbonyl (C=O) groups excluding carboxylic acids is 1. The lowest BCUT2D eigenvalue weighted by Gasteiger charge is -2.26. The summed E-state index contributed by atoms with van der Waals surface area (Å²) in [6.07, 6.45) is 9.45. The molecule has 10 aromatic rings. The number of nitrogens with one attached hydrogen (secondary N) is 1. The summed E-state index contributed by atoms with van der Waals surface area (Å²) in [5.41, 5.74) is 6.38. The zero-order valence-electron chi connectivity index (χ0n) is 39.7. The molecule has 18 heteroatoms. The molecule has 14 nitrogen and oxygen atoms in total. The average Bonchev–Trinajstić information content (AvgIpc) is 4.25. The van der Waals surface area contributed by atoms with Crippen molar-refractivity contribution in [3.63, 3.8) is 0 Å². The molecule has 6 aromatic heterocycles. The third-order valence-corrected chi connectivity index (χ3v) is 13.2. The van der Waals surface area contributed by atoms with Crippen LogP contribution < -0.4 is 9.80 Å². The molecule has 2 atom stereocenters. The summed E-state index contributed by atoms with van der Waals surface area (Å²) in [6, 6.07) is 26.7. The summed E-state index contributed by atoms with van der Waals surface area (Å²) in [5.74, 6) is -0.507. The Balaban J connectivity index is 0.000000160. The lowest BCUT2D eigenvalue weighted by Crippen LogP contribution is -2.27. The Labute approximate surface area is 415 Å². The Kier molecular flexibility index (Phi) is 11.6. The number of hydrogen-bond acceptors (Lipinski definition) is 9. The van der Waals surface area contributed by atoms with E-state index in [-0.39, 0.29) is 12.1 Å². The summed E-state index contributed by atoms with van der Waals surface area (Å²) in [4.78, 5) is 34.1. The molecular formula is C55H44F4N12O2. The smallest absolute Gasteiger partial charge is 0.419 e. The number of hydrogen-bond donors (Lipinski definition) is 1. The zero-order valence-corrected chi connectivity index (χ0v) is 39.7. The van der Waals surface area contributed by atoms with E-state index in [1.165, 1.54) is 22.8 Å². The van der Waals surface area contributed by atoms with Gasteiger partial charge in [-0.1, -0.05) is 6.07 Å². The Bertz CT molecular complexity index is 3890. The number of nitriles is 1. The molecule has 0 radical (unpaired) electrons. The van der Waals surface area contributed by atoms with Gasteiger partial charge in [-0.3, -0.25) is 0 Å². The Morgan fingerprint density at radius 2 is 1.34 bits per heavy atom. The highest BCUT2D eigenvalue weighted by Gasteiger charge is 2.32. The third-order valence-electron chi connectivity index (χ3n) is 13.2. The molecule has 0 aliphatic carbocycles. The molecule has 2 fully saturated rings. The van der Waals surface area contributed by atoms with E-state index in [2.05, 4.69) is 26.1 Å². The molecule has 0 spiro atoms. The van der Waals surface area contributed by atoms with E-state index in [0.717, 1.165) is 59.6 Å². The molecule has 2 saturated heterocycles. The number of aromatic amines is 1. The van der Waals surface area contributed by atoms with Crippen molar-refractivity contribution in [2.24, 2.45) is 0 Å². The molecule has 73 heavy (non-hydrogen) atoms. The molecule has 0 bridgehead atoms. The maximum atomic E-state index is 14.7. The quantitative estimate of drug-likeness (QED) is 0.127. The van der Waals surface area contributed by atoms with Crippen molar-refractivity contribution < 1.29 is 27.1 Å². The predicted octanol–water partition coefficient (Wildman–Crippen LogP) is 12.7. The van der Waals surface area contributed by atoms with Crippen molar-refractivity contribution in [2.75, 3.05) is 22.9 Å². The first-order valence-electron chi connectivity index (χ1n) is 23.7. The number of anilines is 2. The first kappa shape index (κ1) is 46.4. The van der Waals surface area contributed by atoms with Gasteiger partial charge < -0.3 is 19.5 Å². The molecule has 12 rings (SSSR count). The highest BCUT2D eigenvalue weighted by atomic mass is 19.1. The molecule has 0 unspecified atom stereocenters. The van der Waals surface area contributed by atoms with Gasteiger partial charge in [0.1, 0.15) is 40.5 Å². The fraction of sp³-hybridized carbons (Fsp3) is 0.218. The second-order valence-electron chi connectivity index (χ2n) is 19.1. The molecule has 0 amide bonds. The summed E-state index contributed by atoms with van der Waals surface area (Å²) in [7, 11) is 0. The van der Waals surface area contributed by atoms with E-state index >= 15 is 0 Å². The lowest BCUT2D eigenvalue weighted by atomic mass is 10.0. The average molecular weight is 981 g/mol. The molecule has 364 valence electrons. The van der Waals surface area contributed by atoms with Crippen molar-refractivity contribution in [3.8, 4) is 28.6 Å². The van der Waals surface area contributed by atoms with Gasteiger partial charge in [-0.2, -0.15) is 15.5 Å². The number of carbonyl (C=O) groups is 1. The first-order chi connectivity index (χ1) is 35.2. The lowest BCUT2D eigenvalue weighted by molar-refractivity contribution is 0.0547. The predicted molar refractivity (Wildman–Crippen MR) is 268 cm³/mol. The van der Waals surface area contributed by atoms with E-state index in [4.69, 9.17) is 26.5 Å². The number of benzene rings is 4. The van der Waals surface area contributed by atoms with Crippen molar-refractivity contribution in [3.05, 3.63) is 173 Å². The van der Waals surface area contributed by atoms with Gasteiger partial charge in [0.15, 0.2) is 17.0 Å². The Hall–Kier alpha value is -9.03. The molecule has 2 aliphatic rings. The van der Waals surface area contributed by atoms with E-state index in [9.17, 15) is 22.4 Å². The molecule has 0 saturated carbocycles. The van der Waals surface area contributed by atoms with Crippen LogP contribution in [0.1, 0.15) is 75.2 Å². The maximum Gasteiger partial charge on any atom is 0.419 e. The fourth-order valence-corrected chi connectivity index (χ4v) is 10.00. The van der Waals surface area contributed by atoms with Gasteiger partial charge in [-0.05, 0) is 143 Å². The van der Waals surface area contributed by atoms with Crippen molar-refractivity contribution >= 4 is 56.5 Å². The van der Waals surface area contributed by atoms with Crippen molar-refractivity contribution in [1.29, 1.82) is 5.26 Å². The fourth-order valence-electron chi connectivity index (χ4n) is 10.00. The first-order valence-corrected chi connectivity index (χ1v) is 23.7. The van der Waals surface area contributed by atoms with Gasteiger partial charge >= 0.3 is 6.09 Å². The van der Waals surface area contributed by atoms with Crippen LogP contribution in [-0.4, -0.2) is 63.5 Å². The number of ether oxygens (including phenoxy) is 1. The van der Waals surface area contributed by atoms with Crippen LogP contribution in [0, 0.1) is 41.2 Å². The van der Waals surface area contributed by atoms with Crippen LogP contribution in [0.15, 0.2) is 122 Å². The highest BCUT2D eigenvalue weighted by Crippen LogP contribution is 2.40. The largest absolute Gasteiger partial charge is 0.443 e. The van der Waals surface area contributed by atoms with Gasteiger partial charge in [-0.15, -0.1) is 0 Å². The summed E-state index contributed by atoms with van der Waals surface area (Å²) >= 11 is 0. The molecule has 8 heterocycles. The van der Waals surface area contributed by atoms with Crippen LogP contribution >= 0.6 is 0 Å². The summed E-state index contributed by atoms with van der Waals surface area (Å²) in [5, 5.41) is 19.7. The summed E-state index contributed by atoms with van der Waals surface area (Å²) in [6.45, 7) is 14.1. The minimum Gasteiger partial charge on any atom is -0.443 e. The van der Waals surface area contributed by atoms with Gasteiger partial charge in [-0.25, -0.2) is 50.8 Å². The van der Waals surface area contributed by atoms with Crippen molar-refractivity contribution in [1.82, 2.24) is 38.7 Å². The number of aromatic nitrogens is 8. The van der Waals surface area contributed by atoms with Crippen LogP contribution in [0.5, 0.6) is 0 Å². The molecule has 1 N–H and O–H groups in total. The number of fused-ring (bicyclic) bond motifs is 4. The zero-order chi connectivity index (χ0) is 50.7. The Morgan fingerprint density at radius 1 is 0.740 bits per heavy atom. The maximum absolute atomic E-state index is 14.7. The minimum atomic E-state index is -0.731. The number of H-pyrrole nitrogens is 1. The topological polar surface area (TPSA) is 142 Å². The van der Waals surface area contributed by atoms with Gasteiger partial charge in [0.05, 0.1) is 70.7 Å². The number of nitrogens with zero attached hydrogens (tertiary/aromatic N) is 11. The minimum absolute atomic E-state index is 0.278. The Morgan fingerprint density at radius 3 is 1.93 bits per heavy atom. The van der Waals surface area contributed by atoms with E-state index < -0.39 is 35.0 Å². The normalized spacial score (nSPS) is 15.8. The van der Waals surface area contributed by atoms with E-state index in [1.807, 2.05) is 46.3 Å². The van der Waals surface area contributed by atoms with Gasteiger partial charge in [0.2, 0.25) is 0 Å². The van der Waals surface area contributed by atoms with Crippen LogP contribution in [-0.2, 0) is 4.74 Å². The van der Waals surface area contributed by atoms with E-state index in [0.29, 0.717) is 87.0 Å². The standard InChI is InChI=1S/C30H26F2N6O2.C25H18F2N6/c1-30(2,3)40-29(39)38-24-10-8-20(33-4)14-18(24)15-26(38)22-17-34-37-13-11-27(35-28(22)37)36-12-5-6-25(36)21-16-19(31)7-9-23(21)32;26-17-4-5-20(27)18(12-17)23-2-1-8-32(23)24-7-9-33-25(31-24)19(14-29-33)22-11-16-10-15(13-28)3-6-21(16)30-22/h7-11,13-17,25H,5-6,12H2,1-3H3;3-7,9-12,14,23,30H,1-2,8H2/t25-;23-/m11/s1. The highest BCUT2D eigenvalue weighted by molar-refractivity contribution is 5.99. The third kappa shape index (κ3) is 8.71. The van der Waals surface area contributed by atoms with Crippen molar-refractivity contribution in [2.45, 2.75) is 64.1 Å². The second kappa shape index (κ2) is 18.3. The second-order valence-corrected chi connectivity index (χ2v) is 19.1. The van der Waals surface area contributed by atoms with Crippen LogP contribution in [0.4, 0.5) is 39.7 Å².